The Morgan fingerprint density at radius 2 is 2.14 bits per heavy atom. The van der Waals surface area contributed by atoms with Crippen molar-refractivity contribution < 1.29 is 4.74 Å². The molecule has 28 heavy (non-hydrogen) atoms. The average molecular weight is 421 g/mol. The third-order valence-corrected chi connectivity index (χ3v) is 6.23. The molecule has 2 aliphatic rings. The molecule has 0 amide bonds. The molecule has 0 bridgehead atoms. The van der Waals surface area contributed by atoms with Crippen molar-refractivity contribution in [2.75, 3.05) is 57.5 Å². The molecule has 0 aromatic carbocycles. The van der Waals surface area contributed by atoms with Gasteiger partial charge in [-0.2, -0.15) is 0 Å². The van der Waals surface area contributed by atoms with E-state index in [1.165, 1.54) is 0 Å². The van der Waals surface area contributed by atoms with Crippen molar-refractivity contribution in [3.8, 4) is 0 Å². The van der Waals surface area contributed by atoms with E-state index in [0.29, 0.717) is 5.15 Å². The minimum atomic E-state index is 0.222. The number of halogens is 1. The molecule has 1 unspecified atom stereocenters. The van der Waals surface area contributed by atoms with Crippen molar-refractivity contribution in [2.45, 2.75) is 12.3 Å². The minimum absolute atomic E-state index is 0.222. The molecular formula is C19H25ClN6OS. The molecule has 1 N–H and O–H groups in total. The number of nitrogens with one attached hydrogen (secondary N) is 1. The maximum atomic E-state index is 6.12. The van der Waals surface area contributed by atoms with E-state index in [1.807, 2.05) is 18.0 Å². The predicted molar refractivity (Wildman–Crippen MR) is 115 cm³/mol. The van der Waals surface area contributed by atoms with Crippen LogP contribution in [-0.2, 0) is 4.74 Å². The molecule has 2 aromatic heterocycles. The highest BCUT2D eigenvalue weighted by atomic mass is 35.5. The van der Waals surface area contributed by atoms with Crippen LogP contribution in [0.5, 0.6) is 0 Å². The largest absolute Gasteiger partial charge is 0.381 e. The fourth-order valence-electron chi connectivity index (χ4n) is 3.32. The Kier molecular flexibility index (Phi) is 6.51. The summed E-state index contributed by atoms with van der Waals surface area (Å²) in [4.78, 5) is 16.0. The fraction of sp³-hybridized carbons (Fsp3) is 0.526. The van der Waals surface area contributed by atoms with E-state index >= 15 is 0 Å². The number of anilines is 1. The van der Waals surface area contributed by atoms with Crippen LogP contribution in [0.25, 0.3) is 10.9 Å². The highest BCUT2D eigenvalue weighted by Crippen LogP contribution is 2.28. The van der Waals surface area contributed by atoms with Crippen molar-refractivity contribution in [1.82, 2.24) is 24.2 Å². The number of aromatic nitrogens is 3. The second-order valence-corrected chi connectivity index (χ2v) is 8.54. The Balaban J connectivity index is 1.49. The van der Waals surface area contributed by atoms with Crippen LogP contribution in [0.2, 0.25) is 5.15 Å². The zero-order valence-corrected chi connectivity index (χ0v) is 17.5. The molecule has 4 heterocycles. The van der Waals surface area contributed by atoms with E-state index in [2.05, 4.69) is 38.8 Å². The van der Waals surface area contributed by atoms with E-state index in [1.54, 1.807) is 6.20 Å². The SMILES string of the molecule is CN1C=CC(c2nc(NCCSN3CCOCC3)c3cc(Cl)ncc3n2)CC1. The maximum Gasteiger partial charge on any atom is 0.138 e. The molecule has 1 atom stereocenters. The van der Waals surface area contributed by atoms with Crippen LogP contribution in [0, 0.1) is 0 Å². The lowest BCUT2D eigenvalue weighted by molar-refractivity contribution is 0.0773. The Labute approximate surface area is 174 Å². The number of morpholine rings is 1. The summed E-state index contributed by atoms with van der Waals surface area (Å²) in [5.41, 5.74) is 0.824. The lowest BCUT2D eigenvalue weighted by Gasteiger charge is -2.25. The molecule has 150 valence electrons. The van der Waals surface area contributed by atoms with E-state index in [0.717, 1.165) is 74.1 Å². The quantitative estimate of drug-likeness (QED) is 0.434. The van der Waals surface area contributed by atoms with Gasteiger partial charge in [-0.05, 0) is 18.7 Å². The molecule has 1 saturated heterocycles. The minimum Gasteiger partial charge on any atom is -0.381 e. The molecule has 0 spiro atoms. The number of pyridine rings is 1. The number of hydrogen-bond acceptors (Lipinski definition) is 8. The molecule has 0 radical (unpaired) electrons. The lowest BCUT2D eigenvalue weighted by Crippen LogP contribution is -2.31. The van der Waals surface area contributed by atoms with Crippen LogP contribution in [0.1, 0.15) is 18.2 Å². The molecule has 2 aromatic rings. The first-order chi connectivity index (χ1) is 13.7. The molecule has 0 aliphatic carbocycles. The molecule has 4 rings (SSSR count). The average Bonchev–Trinajstić information content (AvgIpc) is 2.72. The van der Waals surface area contributed by atoms with Crippen molar-refractivity contribution >= 4 is 40.3 Å². The molecule has 9 heteroatoms. The van der Waals surface area contributed by atoms with E-state index < -0.39 is 0 Å². The summed E-state index contributed by atoms with van der Waals surface area (Å²) in [6, 6.07) is 1.84. The van der Waals surface area contributed by atoms with Gasteiger partial charge in [0.05, 0.1) is 24.9 Å². The van der Waals surface area contributed by atoms with E-state index in [9.17, 15) is 0 Å². The smallest absolute Gasteiger partial charge is 0.138 e. The normalized spacial score (nSPS) is 20.6. The second kappa shape index (κ2) is 9.26. The molecule has 7 nitrogen and oxygen atoms in total. The van der Waals surface area contributed by atoms with E-state index in [4.69, 9.17) is 26.3 Å². The first-order valence-corrected chi connectivity index (χ1v) is 10.9. The molecule has 0 saturated carbocycles. The van der Waals surface area contributed by atoms with Crippen LogP contribution < -0.4 is 5.32 Å². The van der Waals surface area contributed by atoms with Crippen LogP contribution in [0.15, 0.2) is 24.5 Å². The first-order valence-electron chi connectivity index (χ1n) is 9.60. The Hall–Kier alpha value is -1.61. The number of hydrogen-bond donors (Lipinski definition) is 1. The highest BCUT2D eigenvalue weighted by Gasteiger charge is 2.19. The van der Waals surface area contributed by atoms with Crippen LogP contribution in [0.3, 0.4) is 0 Å². The molecular weight excluding hydrogens is 396 g/mol. The van der Waals surface area contributed by atoms with Crippen molar-refractivity contribution in [1.29, 1.82) is 0 Å². The van der Waals surface area contributed by atoms with Gasteiger partial charge < -0.3 is 15.0 Å². The monoisotopic (exact) mass is 420 g/mol. The summed E-state index contributed by atoms with van der Waals surface area (Å²) in [5.74, 6) is 2.86. The summed E-state index contributed by atoms with van der Waals surface area (Å²) in [5, 5.41) is 4.86. The Morgan fingerprint density at radius 3 is 2.93 bits per heavy atom. The number of allylic oxidation sites excluding steroid dienone is 1. The van der Waals surface area contributed by atoms with Gasteiger partial charge in [0, 0.05) is 50.3 Å². The predicted octanol–water partition coefficient (Wildman–Crippen LogP) is 3.00. The van der Waals surface area contributed by atoms with Gasteiger partial charge in [0.15, 0.2) is 0 Å². The first kappa shape index (κ1) is 19.7. The number of rotatable bonds is 6. The van der Waals surface area contributed by atoms with Crippen LogP contribution in [0.4, 0.5) is 5.82 Å². The Bertz CT molecular complexity index is 845. The third kappa shape index (κ3) is 4.86. The maximum absolute atomic E-state index is 6.12. The Morgan fingerprint density at radius 1 is 1.29 bits per heavy atom. The fourth-order valence-corrected chi connectivity index (χ4v) is 4.34. The van der Waals surface area contributed by atoms with Gasteiger partial charge in [-0.3, -0.25) is 0 Å². The summed E-state index contributed by atoms with van der Waals surface area (Å²) in [7, 11) is 2.08. The zero-order valence-electron chi connectivity index (χ0n) is 16.0. The van der Waals surface area contributed by atoms with Crippen molar-refractivity contribution in [3.05, 3.63) is 35.5 Å². The van der Waals surface area contributed by atoms with Crippen molar-refractivity contribution in [2.24, 2.45) is 0 Å². The summed E-state index contributed by atoms with van der Waals surface area (Å²) in [6.45, 7) is 5.41. The van der Waals surface area contributed by atoms with Crippen LogP contribution in [-0.4, -0.2) is 76.4 Å². The topological polar surface area (TPSA) is 66.4 Å². The van der Waals surface area contributed by atoms with Crippen LogP contribution >= 0.6 is 23.5 Å². The van der Waals surface area contributed by atoms with Gasteiger partial charge in [0.1, 0.15) is 16.8 Å². The highest BCUT2D eigenvalue weighted by molar-refractivity contribution is 7.97. The van der Waals surface area contributed by atoms with Gasteiger partial charge in [0.2, 0.25) is 0 Å². The summed E-state index contributed by atoms with van der Waals surface area (Å²) >= 11 is 7.97. The standard InChI is InChI=1S/C19H25ClN6OS/c1-25-5-2-14(3-6-25)18-23-16-13-22-17(20)12-15(16)19(24-18)21-4-11-28-26-7-9-27-10-8-26/h2,5,12-14H,3-4,6-11H2,1H3,(H,21,23,24). The lowest BCUT2D eigenvalue weighted by atomic mass is 10.0. The second-order valence-electron chi connectivity index (χ2n) is 6.97. The van der Waals surface area contributed by atoms with Gasteiger partial charge in [0.25, 0.3) is 0 Å². The molecule has 2 aliphatic heterocycles. The van der Waals surface area contributed by atoms with Crippen molar-refractivity contribution in [3.63, 3.8) is 0 Å². The zero-order chi connectivity index (χ0) is 19.3. The number of nitrogens with zero attached hydrogens (tertiary/aromatic N) is 5. The van der Waals surface area contributed by atoms with Gasteiger partial charge in [-0.25, -0.2) is 19.3 Å². The van der Waals surface area contributed by atoms with E-state index in [-0.39, 0.29) is 5.92 Å². The summed E-state index contributed by atoms with van der Waals surface area (Å²) in [6.07, 6.45) is 7.01. The number of fused-ring (bicyclic) bond motifs is 1. The summed E-state index contributed by atoms with van der Waals surface area (Å²) < 4.78 is 7.76. The third-order valence-electron chi connectivity index (χ3n) is 4.90. The van der Waals surface area contributed by atoms with Gasteiger partial charge >= 0.3 is 0 Å². The molecule has 1 fully saturated rings. The number of ether oxygens (including phenoxy) is 1. The van der Waals surface area contributed by atoms with Gasteiger partial charge in [-0.1, -0.05) is 29.6 Å². The van der Waals surface area contributed by atoms with Gasteiger partial charge in [-0.15, -0.1) is 0 Å².